The molecule has 0 aromatic heterocycles. The van der Waals surface area contributed by atoms with Gasteiger partial charge in [0, 0.05) is 0 Å². The molecule has 16 heavy (non-hydrogen) atoms. The van der Waals surface area contributed by atoms with Crippen LogP contribution in [0.2, 0.25) is 0 Å². The van der Waals surface area contributed by atoms with E-state index in [0.29, 0.717) is 12.8 Å². The van der Waals surface area contributed by atoms with E-state index >= 15 is 0 Å². The van der Waals surface area contributed by atoms with Crippen molar-refractivity contribution in [1.29, 1.82) is 0 Å². The summed E-state index contributed by atoms with van der Waals surface area (Å²) >= 11 is 0. The van der Waals surface area contributed by atoms with Crippen molar-refractivity contribution < 1.29 is 29.4 Å². The van der Waals surface area contributed by atoms with E-state index in [1.54, 1.807) is 0 Å². The van der Waals surface area contributed by atoms with Crippen molar-refractivity contribution in [2.45, 2.75) is 25.7 Å². The van der Waals surface area contributed by atoms with E-state index in [0.717, 1.165) is 0 Å². The molecule has 0 rings (SSSR count). The molecule has 0 bridgehead atoms. The normalized spacial score (nSPS) is 9.50. The first-order valence-electron chi connectivity index (χ1n) is 4.67. The van der Waals surface area contributed by atoms with Crippen LogP contribution in [-0.4, -0.2) is 35.3 Å². The van der Waals surface area contributed by atoms with Gasteiger partial charge in [-0.2, -0.15) is 0 Å². The van der Waals surface area contributed by atoms with Gasteiger partial charge < -0.3 is 14.7 Å². The molecule has 0 amide bonds. The number of hydrogen-bond donors (Lipinski definition) is 1. The quantitative estimate of drug-likeness (QED) is 0.266. The minimum atomic E-state index is -1.06. The Balaban J connectivity index is 3.27. The molecular formula is C8H13NO7. The molecule has 0 aromatic rings. The molecule has 0 aliphatic heterocycles. The van der Waals surface area contributed by atoms with Gasteiger partial charge in [-0.3, -0.25) is 9.59 Å². The zero-order chi connectivity index (χ0) is 12.4. The highest BCUT2D eigenvalue weighted by Crippen LogP contribution is 1.96. The first-order chi connectivity index (χ1) is 7.52. The van der Waals surface area contributed by atoms with Gasteiger partial charge >= 0.3 is 11.9 Å². The lowest BCUT2D eigenvalue weighted by molar-refractivity contribution is -0.757. The van der Waals surface area contributed by atoms with E-state index in [1.165, 1.54) is 0 Å². The standard InChI is InChI=1S/C8H13NO7/c10-7(11)3-4-8(12)15-5-1-2-6-16-9(13)14/h1-6H2,(H,10,11). The molecule has 0 saturated carbocycles. The van der Waals surface area contributed by atoms with Crippen LogP contribution in [0.15, 0.2) is 0 Å². The van der Waals surface area contributed by atoms with Crippen molar-refractivity contribution in [3.63, 3.8) is 0 Å². The monoisotopic (exact) mass is 235 g/mol. The Morgan fingerprint density at radius 1 is 1.19 bits per heavy atom. The average molecular weight is 235 g/mol. The summed E-state index contributed by atoms with van der Waals surface area (Å²) < 4.78 is 4.67. The second-order valence-corrected chi connectivity index (χ2v) is 2.88. The zero-order valence-corrected chi connectivity index (χ0v) is 8.59. The van der Waals surface area contributed by atoms with E-state index < -0.39 is 17.0 Å². The van der Waals surface area contributed by atoms with Crippen molar-refractivity contribution in [1.82, 2.24) is 0 Å². The summed E-state index contributed by atoms with van der Waals surface area (Å²) in [4.78, 5) is 34.7. The number of esters is 1. The summed E-state index contributed by atoms with van der Waals surface area (Å²) in [5.74, 6) is -1.64. The van der Waals surface area contributed by atoms with Gasteiger partial charge in [-0.15, -0.1) is 10.1 Å². The fourth-order valence-electron chi connectivity index (χ4n) is 0.810. The van der Waals surface area contributed by atoms with Gasteiger partial charge in [-0.05, 0) is 12.8 Å². The molecule has 92 valence electrons. The molecule has 0 atom stereocenters. The molecule has 0 spiro atoms. The smallest absolute Gasteiger partial charge is 0.306 e. The van der Waals surface area contributed by atoms with Crippen LogP contribution in [0.25, 0.3) is 0 Å². The second-order valence-electron chi connectivity index (χ2n) is 2.88. The third-order valence-electron chi connectivity index (χ3n) is 1.54. The molecular weight excluding hydrogens is 222 g/mol. The molecule has 0 saturated heterocycles. The van der Waals surface area contributed by atoms with Gasteiger partial charge in [0.2, 0.25) is 0 Å². The van der Waals surface area contributed by atoms with Crippen molar-refractivity contribution in [3.8, 4) is 0 Å². The Morgan fingerprint density at radius 2 is 1.81 bits per heavy atom. The summed E-state index contributed by atoms with van der Waals surface area (Å²) in [6, 6.07) is 0. The molecule has 0 aliphatic rings. The van der Waals surface area contributed by atoms with Crippen LogP contribution >= 0.6 is 0 Å². The zero-order valence-electron chi connectivity index (χ0n) is 8.59. The second kappa shape index (κ2) is 8.45. The third kappa shape index (κ3) is 10.2. The lowest BCUT2D eigenvalue weighted by Gasteiger charge is -2.03. The Hall–Kier alpha value is -1.86. The first-order valence-corrected chi connectivity index (χ1v) is 4.67. The summed E-state index contributed by atoms with van der Waals surface area (Å²) in [5, 5.41) is 17.1. The number of carboxylic acid groups (broad SMARTS) is 1. The van der Waals surface area contributed by atoms with Gasteiger partial charge in [0.1, 0.15) is 0 Å². The maximum absolute atomic E-state index is 10.9. The van der Waals surface area contributed by atoms with Gasteiger partial charge in [0.05, 0.1) is 26.1 Å². The molecule has 1 N–H and O–H groups in total. The van der Waals surface area contributed by atoms with Crippen LogP contribution in [0.4, 0.5) is 0 Å². The molecule has 0 radical (unpaired) electrons. The Bertz CT molecular complexity index is 253. The molecule has 0 heterocycles. The van der Waals surface area contributed by atoms with E-state index in [2.05, 4.69) is 9.57 Å². The maximum Gasteiger partial charge on any atom is 0.306 e. The van der Waals surface area contributed by atoms with Crippen LogP contribution < -0.4 is 0 Å². The molecule has 0 unspecified atom stereocenters. The van der Waals surface area contributed by atoms with E-state index in [-0.39, 0.29) is 26.1 Å². The van der Waals surface area contributed by atoms with Gasteiger partial charge in [-0.1, -0.05) is 0 Å². The largest absolute Gasteiger partial charge is 0.481 e. The molecule has 0 aromatic carbocycles. The van der Waals surface area contributed by atoms with Crippen molar-refractivity contribution >= 4 is 11.9 Å². The SMILES string of the molecule is O=C(O)CCC(=O)OCCCCO[N+](=O)[O-]. The minimum absolute atomic E-state index is 0.0420. The van der Waals surface area contributed by atoms with Crippen LogP contribution in [0.3, 0.4) is 0 Å². The first kappa shape index (κ1) is 14.1. The summed E-state index contributed by atoms with van der Waals surface area (Å²) in [7, 11) is 0. The highest BCUT2D eigenvalue weighted by atomic mass is 16.9. The molecule has 8 nitrogen and oxygen atoms in total. The highest BCUT2D eigenvalue weighted by molar-refractivity contribution is 5.76. The Labute approximate surface area is 91.2 Å². The lowest BCUT2D eigenvalue weighted by Crippen LogP contribution is -2.09. The predicted octanol–water partition coefficient (Wildman–Crippen LogP) is 0.383. The maximum atomic E-state index is 10.9. The Morgan fingerprint density at radius 3 is 2.38 bits per heavy atom. The van der Waals surface area contributed by atoms with Crippen LogP contribution in [0, 0.1) is 10.1 Å². The average Bonchev–Trinajstić information content (AvgIpc) is 2.19. The fraction of sp³-hybridized carbons (Fsp3) is 0.750. The topological polar surface area (TPSA) is 116 Å². The van der Waals surface area contributed by atoms with Gasteiger partial charge in [-0.25, -0.2) is 0 Å². The number of rotatable bonds is 9. The number of unbranched alkanes of at least 4 members (excludes halogenated alkanes) is 1. The van der Waals surface area contributed by atoms with E-state index in [9.17, 15) is 19.7 Å². The number of carbonyl (C=O) groups is 2. The van der Waals surface area contributed by atoms with Crippen molar-refractivity contribution in [2.24, 2.45) is 0 Å². The number of carboxylic acids is 1. The van der Waals surface area contributed by atoms with E-state index in [1.807, 2.05) is 0 Å². The molecule has 0 fully saturated rings. The number of carbonyl (C=O) groups excluding carboxylic acids is 1. The number of aliphatic carboxylic acids is 1. The van der Waals surface area contributed by atoms with Crippen molar-refractivity contribution in [2.75, 3.05) is 13.2 Å². The lowest BCUT2D eigenvalue weighted by atomic mass is 10.3. The molecule has 0 aliphatic carbocycles. The summed E-state index contributed by atoms with van der Waals surface area (Å²) in [6.07, 6.45) is 0.407. The third-order valence-corrected chi connectivity index (χ3v) is 1.54. The highest BCUT2D eigenvalue weighted by Gasteiger charge is 2.05. The van der Waals surface area contributed by atoms with Crippen LogP contribution in [0.5, 0.6) is 0 Å². The number of hydrogen-bond acceptors (Lipinski definition) is 6. The summed E-state index contributed by atoms with van der Waals surface area (Å²) in [5.41, 5.74) is 0. The number of ether oxygens (including phenoxy) is 1. The Kier molecular flexibility index (Phi) is 7.47. The fourth-order valence-corrected chi connectivity index (χ4v) is 0.810. The predicted molar refractivity (Wildman–Crippen MR) is 50.0 cm³/mol. The van der Waals surface area contributed by atoms with Crippen LogP contribution in [0.1, 0.15) is 25.7 Å². The minimum Gasteiger partial charge on any atom is -0.481 e. The van der Waals surface area contributed by atoms with Crippen molar-refractivity contribution in [3.05, 3.63) is 10.1 Å². The van der Waals surface area contributed by atoms with E-state index in [4.69, 9.17) is 5.11 Å². The number of nitrogens with zero attached hydrogens (tertiary/aromatic N) is 1. The van der Waals surface area contributed by atoms with Gasteiger partial charge in [0.15, 0.2) is 0 Å². The van der Waals surface area contributed by atoms with Gasteiger partial charge in [0.25, 0.3) is 5.09 Å². The summed E-state index contributed by atoms with van der Waals surface area (Å²) in [6.45, 7) is 0.0687. The molecule has 8 heteroatoms. The van der Waals surface area contributed by atoms with Crippen LogP contribution in [-0.2, 0) is 19.2 Å².